The number of anilines is 1. The van der Waals surface area contributed by atoms with E-state index in [0.717, 1.165) is 86.7 Å². The minimum Gasteiger partial charge on any atom is -0.389 e. The Labute approximate surface area is 277 Å². The molecular formula is C37H59N7S. The van der Waals surface area contributed by atoms with Gasteiger partial charge in [-0.25, -0.2) is 9.97 Å². The monoisotopic (exact) mass is 633 g/mol. The maximum absolute atomic E-state index is 9.94. The Balaban J connectivity index is 0.00000271. The maximum Gasteiger partial charge on any atom is 0.178 e. The lowest BCUT2D eigenvalue weighted by Gasteiger charge is -2.32. The lowest BCUT2D eigenvalue weighted by Crippen LogP contribution is -2.38. The Bertz CT molecular complexity index is 1360. The first-order valence-electron chi connectivity index (χ1n) is 17.3. The van der Waals surface area contributed by atoms with Gasteiger partial charge >= 0.3 is 0 Å². The van der Waals surface area contributed by atoms with Crippen LogP contribution in [0.1, 0.15) is 138 Å². The third-order valence-electron chi connectivity index (χ3n) is 10.1. The van der Waals surface area contributed by atoms with Crippen LogP contribution < -0.4 is 5.73 Å². The lowest BCUT2D eigenvalue weighted by molar-refractivity contribution is 0.179. The summed E-state index contributed by atoms with van der Waals surface area (Å²) in [6.45, 7) is 14.1. The average molecular weight is 634 g/mol. The van der Waals surface area contributed by atoms with Crippen LogP contribution in [0.5, 0.6) is 0 Å². The number of nitrogen functional groups attached to an aromatic ring is 1. The third-order valence-corrected chi connectivity index (χ3v) is 11.2. The normalized spacial score (nSPS) is 19.0. The molecule has 0 unspecified atom stereocenters. The van der Waals surface area contributed by atoms with Crippen molar-refractivity contribution in [3.63, 3.8) is 0 Å². The van der Waals surface area contributed by atoms with Gasteiger partial charge in [-0.15, -0.1) is 11.3 Å². The summed E-state index contributed by atoms with van der Waals surface area (Å²) >= 11 is 1.57. The van der Waals surface area contributed by atoms with Crippen LogP contribution in [-0.4, -0.2) is 64.7 Å². The summed E-state index contributed by atoms with van der Waals surface area (Å²) in [7, 11) is 6.52. The number of fused-ring (bicyclic) bond motifs is 1. The van der Waals surface area contributed by atoms with Gasteiger partial charge in [-0.05, 0) is 136 Å². The summed E-state index contributed by atoms with van der Waals surface area (Å²) in [6.07, 6.45) is 12.3. The highest BCUT2D eigenvalue weighted by atomic mass is 32.1. The van der Waals surface area contributed by atoms with Gasteiger partial charge in [0.1, 0.15) is 16.8 Å². The highest BCUT2D eigenvalue weighted by Gasteiger charge is 2.31. The zero-order valence-corrected chi connectivity index (χ0v) is 30.5. The van der Waals surface area contributed by atoms with Gasteiger partial charge in [-0.2, -0.15) is 5.26 Å². The van der Waals surface area contributed by atoms with E-state index in [1.54, 1.807) is 11.3 Å². The van der Waals surface area contributed by atoms with Crippen LogP contribution in [0.2, 0.25) is 0 Å². The predicted molar refractivity (Wildman–Crippen MR) is 192 cm³/mol. The van der Waals surface area contributed by atoms with Crippen molar-refractivity contribution >= 4 is 22.0 Å². The van der Waals surface area contributed by atoms with E-state index in [0.29, 0.717) is 28.1 Å². The Morgan fingerprint density at radius 2 is 1.87 bits per heavy atom. The number of aromatic nitrogens is 2. The van der Waals surface area contributed by atoms with Crippen molar-refractivity contribution in [2.45, 2.75) is 136 Å². The number of nitriles is 1. The van der Waals surface area contributed by atoms with Gasteiger partial charge in [0.05, 0.1) is 5.56 Å². The van der Waals surface area contributed by atoms with E-state index in [9.17, 15) is 10.7 Å². The summed E-state index contributed by atoms with van der Waals surface area (Å²) in [4.78, 5) is 16.1. The van der Waals surface area contributed by atoms with Crippen LogP contribution in [-0.2, 0) is 19.3 Å². The highest BCUT2D eigenvalue weighted by molar-refractivity contribution is 7.16. The Hall–Kier alpha value is -2.60. The minimum atomic E-state index is 0.114. The first kappa shape index (κ1) is 36.9. The van der Waals surface area contributed by atoms with E-state index in [1.807, 2.05) is 13.8 Å². The lowest BCUT2D eigenvalue weighted by atomic mass is 9.78. The number of thiophene rings is 1. The number of likely N-dealkylation sites (tertiary alicyclic amines) is 1. The van der Waals surface area contributed by atoms with Crippen LogP contribution in [0, 0.1) is 16.7 Å². The van der Waals surface area contributed by atoms with Crippen molar-refractivity contribution in [3.05, 3.63) is 50.4 Å². The second-order valence-electron chi connectivity index (χ2n) is 13.6. The first-order chi connectivity index (χ1) is 21.5. The van der Waals surface area contributed by atoms with Crippen molar-refractivity contribution in [1.82, 2.24) is 19.8 Å². The largest absolute Gasteiger partial charge is 0.389 e. The van der Waals surface area contributed by atoms with Crippen LogP contribution in [0.3, 0.4) is 0 Å². The quantitative estimate of drug-likeness (QED) is 0.215. The van der Waals surface area contributed by atoms with Crippen LogP contribution in [0.4, 0.5) is 5.00 Å². The SMILES string of the molecule is CC.CCC/C(C(=N)c1nc(CCCC(C)(C)N(C)C)cc(CC[C@@H]2CCCN2C)n1)=C(/C)[C@H]1CCCc2sc(N)c(C#N)c21. The van der Waals surface area contributed by atoms with E-state index < -0.39 is 0 Å². The number of hydrogen-bond acceptors (Lipinski definition) is 8. The Morgan fingerprint density at radius 3 is 2.47 bits per heavy atom. The van der Waals surface area contributed by atoms with E-state index in [2.05, 4.69) is 70.8 Å². The molecule has 0 bridgehead atoms. The first-order valence-corrected chi connectivity index (χ1v) is 18.1. The smallest absolute Gasteiger partial charge is 0.178 e. The predicted octanol–water partition coefficient (Wildman–Crippen LogP) is 8.31. The zero-order valence-electron chi connectivity index (χ0n) is 29.6. The number of allylic oxidation sites excluding steroid dienone is 2. The third kappa shape index (κ3) is 9.02. The fourth-order valence-electron chi connectivity index (χ4n) is 6.85. The molecule has 0 aromatic carbocycles. The van der Waals surface area contributed by atoms with Crippen LogP contribution in [0.15, 0.2) is 17.2 Å². The fraction of sp³-hybridized carbons (Fsp3) is 0.676. The molecule has 2 aromatic rings. The van der Waals surface area contributed by atoms with Gasteiger partial charge in [-0.3, -0.25) is 5.41 Å². The molecule has 248 valence electrons. The van der Waals surface area contributed by atoms with E-state index in [-0.39, 0.29) is 11.5 Å². The fourth-order valence-corrected chi connectivity index (χ4v) is 7.97. The molecule has 2 aromatic heterocycles. The molecule has 1 aliphatic heterocycles. The van der Waals surface area contributed by atoms with Crippen molar-refractivity contribution in [2.24, 2.45) is 0 Å². The number of hydrogen-bond donors (Lipinski definition) is 2. The molecule has 4 rings (SSSR count). The molecular weight excluding hydrogens is 575 g/mol. The van der Waals surface area contributed by atoms with E-state index in [4.69, 9.17) is 15.7 Å². The molecule has 0 amide bonds. The number of rotatable bonds is 13. The Kier molecular flexibility index (Phi) is 13.8. The molecule has 0 radical (unpaired) electrons. The Morgan fingerprint density at radius 1 is 1.18 bits per heavy atom. The number of nitrogens with one attached hydrogen (secondary N) is 1. The number of nitrogens with two attached hydrogens (primary N) is 1. The highest BCUT2D eigenvalue weighted by Crippen LogP contribution is 2.46. The van der Waals surface area contributed by atoms with Gasteiger partial charge < -0.3 is 15.5 Å². The molecule has 8 heteroatoms. The summed E-state index contributed by atoms with van der Waals surface area (Å²) in [5.41, 5.74) is 12.9. The second-order valence-corrected chi connectivity index (χ2v) is 14.7. The molecule has 1 saturated heterocycles. The molecule has 45 heavy (non-hydrogen) atoms. The molecule has 1 aliphatic carbocycles. The summed E-state index contributed by atoms with van der Waals surface area (Å²) in [6, 6.07) is 5.19. The van der Waals surface area contributed by atoms with Gasteiger partial charge in [0.25, 0.3) is 0 Å². The van der Waals surface area contributed by atoms with Crippen molar-refractivity contribution in [2.75, 3.05) is 33.4 Å². The van der Waals surface area contributed by atoms with Crippen molar-refractivity contribution < 1.29 is 0 Å². The molecule has 7 nitrogen and oxygen atoms in total. The molecule has 3 N–H and O–H groups in total. The second kappa shape index (κ2) is 16.8. The minimum absolute atomic E-state index is 0.114. The molecule has 2 aliphatic rings. The number of nitrogens with zero attached hydrogens (tertiary/aromatic N) is 5. The van der Waals surface area contributed by atoms with E-state index in [1.165, 1.54) is 29.8 Å². The van der Waals surface area contributed by atoms with Gasteiger partial charge in [-0.1, -0.05) is 32.8 Å². The van der Waals surface area contributed by atoms with Gasteiger partial charge in [0.2, 0.25) is 0 Å². The topological polar surface area (TPSA) is 106 Å². The molecule has 2 atom stereocenters. The zero-order chi connectivity index (χ0) is 33.3. The maximum atomic E-state index is 9.94. The molecule has 0 saturated carbocycles. The standard InChI is InChI=1S/C35H53N7S.C2H6/c1-8-12-28(23(2)27-15-9-16-30-31(27)29(22-36)33(38)43-30)32(37)34-39-24(13-10-19-35(3,4)41(5)6)21-25(40-34)17-18-26-14-11-20-42(26)7;1-2/h21,26-27,37H,8-20,38H2,1-7H3;1-2H3/b28-23+,37-32?;/t26-,27+;/m0./s1. The molecule has 1 fully saturated rings. The summed E-state index contributed by atoms with van der Waals surface area (Å²) in [5.74, 6) is 0.672. The van der Waals surface area contributed by atoms with Crippen LogP contribution >= 0.6 is 11.3 Å². The van der Waals surface area contributed by atoms with Gasteiger partial charge in [0.15, 0.2) is 5.82 Å². The van der Waals surface area contributed by atoms with Crippen molar-refractivity contribution in [3.8, 4) is 6.07 Å². The average Bonchev–Trinajstić information content (AvgIpc) is 3.59. The molecule has 0 spiro atoms. The number of aryl methyl sites for hydroxylation is 3. The van der Waals surface area contributed by atoms with E-state index >= 15 is 0 Å². The van der Waals surface area contributed by atoms with Crippen molar-refractivity contribution in [1.29, 1.82) is 10.7 Å². The summed E-state index contributed by atoms with van der Waals surface area (Å²) in [5, 5.41) is 20.1. The summed E-state index contributed by atoms with van der Waals surface area (Å²) < 4.78 is 0. The van der Waals surface area contributed by atoms with Crippen LogP contribution in [0.25, 0.3) is 0 Å². The molecule has 3 heterocycles. The van der Waals surface area contributed by atoms with Gasteiger partial charge in [0, 0.05) is 33.8 Å².